The van der Waals surface area contributed by atoms with Crippen molar-refractivity contribution >= 4 is 23.1 Å². The molecule has 58 heavy (non-hydrogen) atoms. The van der Waals surface area contributed by atoms with Gasteiger partial charge < -0.3 is 0 Å². The highest BCUT2D eigenvalue weighted by molar-refractivity contribution is 6.28. The zero-order chi connectivity index (χ0) is 40.3. The van der Waals surface area contributed by atoms with E-state index in [9.17, 15) is 19.2 Å². The van der Waals surface area contributed by atoms with Gasteiger partial charge in [0.25, 0.3) is 0 Å². The molecule has 0 N–H and O–H groups in total. The van der Waals surface area contributed by atoms with Crippen molar-refractivity contribution in [2.45, 2.75) is 122 Å². The van der Waals surface area contributed by atoms with Gasteiger partial charge in [0.1, 0.15) is 11.6 Å². The van der Waals surface area contributed by atoms with E-state index in [0.29, 0.717) is 59.3 Å². The van der Waals surface area contributed by atoms with Crippen molar-refractivity contribution < 1.29 is 22.0 Å². The van der Waals surface area contributed by atoms with Crippen molar-refractivity contribution in [3.05, 3.63) is 153 Å². The molecule has 0 aliphatic heterocycles. The number of fused-ring (bicyclic) bond motifs is 3. The fourth-order valence-corrected chi connectivity index (χ4v) is 12.2. The first-order valence-electron chi connectivity index (χ1n) is 22.1. The maximum absolute atomic E-state index is 13.7. The zero-order valence-electron chi connectivity index (χ0n) is 34.7. The second-order valence-electron chi connectivity index (χ2n) is 19.3. The highest BCUT2D eigenvalue weighted by Crippen LogP contribution is 2.58. The van der Waals surface area contributed by atoms with Crippen LogP contribution in [0.2, 0.25) is 0 Å². The molecule has 4 aromatic carbocycles. The average Bonchev–Trinajstić information content (AvgIpc) is 3.71. The van der Waals surface area contributed by atoms with Gasteiger partial charge in [-0.25, -0.2) is 0 Å². The summed E-state index contributed by atoms with van der Waals surface area (Å²) < 4.78 is 0. The van der Waals surface area contributed by atoms with Gasteiger partial charge in [-0.05, 0) is 172 Å². The van der Waals surface area contributed by atoms with Crippen molar-refractivity contribution in [2.75, 3.05) is 0 Å². The van der Waals surface area contributed by atoms with Gasteiger partial charge in [0.15, 0.2) is 11.6 Å². The quantitative estimate of drug-likeness (QED) is 0.112. The average molecular weight is 775 g/mol. The molecule has 0 aromatic heterocycles. The summed E-state index contributed by atoms with van der Waals surface area (Å²) in [6.45, 7) is 9.53. The molecule has 2 fully saturated rings. The molecule has 3 atom stereocenters. The van der Waals surface area contributed by atoms with Crippen LogP contribution in [0.5, 0.6) is 0 Å². The topological polar surface area (TPSA) is 68.3 Å². The first-order chi connectivity index (χ1) is 28.0. The Balaban J connectivity index is 0.00000272. The molecule has 1 spiro atoms. The number of allylic oxidation sites excluding steroid dienone is 1. The number of rotatable bonds is 11. The predicted octanol–water partition coefficient (Wildman–Crippen LogP) is 12.3. The van der Waals surface area contributed by atoms with Crippen LogP contribution in [-0.2, 0) is 28.9 Å². The second kappa shape index (κ2) is 15.5. The van der Waals surface area contributed by atoms with Crippen LogP contribution in [0.1, 0.15) is 164 Å². The third kappa shape index (κ3) is 7.20. The van der Waals surface area contributed by atoms with Crippen molar-refractivity contribution in [1.82, 2.24) is 0 Å². The molecule has 0 saturated heterocycles. The highest BCUT2D eigenvalue weighted by atomic mass is 16.2. The Kier molecular flexibility index (Phi) is 10.4. The lowest BCUT2D eigenvalue weighted by Gasteiger charge is -2.51. The molecule has 1 unspecified atom stereocenters. The molecule has 2 saturated carbocycles. The van der Waals surface area contributed by atoms with E-state index in [0.717, 1.165) is 48.8 Å². The van der Waals surface area contributed by atoms with Gasteiger partial charge in [-0.3, -0.25) is 19.2 Å². The normalized spacial score (nSPS) is 25.8. The minimum Gasteiger partial charge on any atom is -0.300 e. The van der Waals surface area contributed by atoms with Crippen LogP contribution in [0.3, 0.4) is 0 Å². The third-order valence-corrected chi connectivity index (χ3v) is 15.4. The Bertz CT molecular complexity index is 2250. The van der Waals surface area contributed by atoms with Crippen LogP contribution < -0.4 is 0 Å². The molecule has 0 amide bonds. The lowest BCUT2D eigenvalue weighted by molar-refractivity contribution is -0.133. The van der Waals surface area contributed by atoms with Crippen LogP contribution in [0.4, 0.5) is 0 Å². The monoisotopic (exact) mass is 774 g/mol. The lowest BCUT2D eigenvalue weighted by Crippen LogP contribution is -2.43. The predicted molar refractivity (Wildman–Crippen MR) is 235 cm³/mol. The van der Waals surface area contributed by atoms with E-state index < -0.39 is 11.8 Å². The number of carbonyl (C=O) groups is 4. The smallest absolute Gasteiger partial charge is 0.175 e. The molecule has 4 nitrogen and oxygen atoms in total. The van der Waals surface area contributed by atoms with Crippen molar-refractivity contribution in [3.8, 4) is 0 Å². The van der Waals surface area contributed by atoms with Crippen LogP contribution >= 0.6 is 0 Å². The lowest BCUT2D eigenvalue weighted by atomic mass is 9.53. The van der Waals surface area contributed by atoms with Gasteiger partial charge >= 0.3 is 0 Å². The highest BCUT2D eigenvalue weighted by Gasteiger charge is 2.49. The molecule has 0 heterocycles. The number of ketones is 4. The Morgan fingerprint density at radius 3 is 2.03 bits per heavy atom. The van der Waals surface area contributed by atoms with Gasteiger partial charge in [-0.15, -0.1) is 6.58 Å². The molecular weight excluding hydrogens is 713 g/mol. The van der Waals surface area contributed by atoms with Crippen LogP contribution in [0.25, 0.3) is 0 Å². The summed E-state index contributed by atoms with van der Waals surface area (Å²) in [5.41, 5.74) is 13.0. The summed E-state index contributed by atoms with van der Waals surface area (Å²) in [6, 6.07) is 31.7. The van der Waals surface area contributed by atoms with E-state index in [4.69, 9.17) is 0 Å². The van der Waals surface area contributed by atoms with E-state index in [-0.39, 0.29) is 32.0 Å². The summed E-state index contributed by atoms with van der Waals surface area (Å²) in [5, 5.41) is 0. The first-order valence-corrected chi connectivity index (χ1v) is 22.1. The number of Topliss-reactive ketones (excluding diaryl/α,β-unsaturated/α-hetero) is 4. The SMILES string of the molecule is C=C(C)CCC(C(C)=O)C1C(=O)c2cc3c(cc2C1=O)CC(CC(=O)C1CC2(CCC(c4ccc([C@@H]5c6ccc(C)cc6CC[C@@H]5c5ccccc5)cc4)CC2)C1)C3.[HH].[HH]. The molecule has 0 radical (unpaired) electrons. The third-order valence-electron chi connectivity index (χ3n) is 15.4. The van der Waals surface area contributed by atoms with Gasteiger partial charge in [-0.2, -0.15) is 0 Å². The molecule has 5 aliphatic rings. The fourth-order valence-electron chi connectivity index (χ4n) is 12.2. The van der Waals surface area contributed by atoms with Gasteiger partial charge in [0.05, 0.1) is 5.92 Å². The molecule has 4 aromatic rings. The summed E-state index contributed by atoms with van der Waals surface area (Å²) in [5.74, 6) is 0.129. The van der Waals surface area contributed by atoms with Crippen molar-refractivity contribution in [2.24, 2.45) is 29.1 Å². The molecule has 0 bridgehead atoms. The summed E-state index contributed by atoms with van der Waals surface area (Å²) >= 11 is 0. The van der Waals surface area contributed by atoms with E-state index in [1.165, 1.54) is 72.4 Å². The Morgan fingerprint density at radius 2 is 1.41 bits per heavy atom. The van der Waals surface area contributed by atoms with Crippen molar-refractivity contribution in [3.63, 3.8) is 0 Å². The fraction of sp³-hybridized carbons (Fsp3) is 0.444. The number of carbonyl (C=O) groups excluding carboxylic acids is 4. The summed E-state index contributed by atoms with van der Waals surface area (Å²) in [7, 11) is 0. The molecular formula is C54H62O4. The van der Waals surface area contributed by atoms with Gasteiger partial charge in [0.2, 0.25) is 0 Å². The number of aryl methyl sites for hydroxylation is 2. The van der Waals surface area contributed by atoms with Crippen LogP contribution in [0, 0.1) is 36.0 Å². The maximum Gasteiger partial charge on any atom is 0.175 e. The summed E-state index contributed by atoms with van der Waals surface area (Å²) in [4.78, 5) is 53.4. The largest absolute Gasteiger partial charge is 0.300 e. The van der Waals surface area contributed by atoms with E-state index >= 15 is 0 Å². The Labute approximate surface area is 347 Å². The van der Waals surface area contributed by atoms with Gasteiger partial charge in [-0.1, -0.05) is 83.9 Å². The number of hydrogen-bond acceptors (Lipinski definition) is 4. The molecule has 4 heteroatoms. The standard InChI is InChI=1S/C54H58O4.2H2/c1-32(2)10-17-44(34(4)55)51-52(57)47-28-41-25-35(26-42(41)29-48(47)53(51)58)27-49(56)43-30-54(31-43)22-20-37(21-23-54)36-12-14-39(15-13-36)50-45(38-8-6-5-7-9-38)19-16-40-24-33(3)11-18-46(40)50;;/h5-9,11-15,18,24,28-29,35,37,43-45,50-51H,1,10,16-17,19-23,25-27,30-31H2,2-4H3;2*1H/t35?,37?,43?,44?,45-,50+,51?,54?;;/m1../s1. The molecule has 302 valence electrons. The van der Waals surface area contributed by atoms with Crippen LogP contribution in [-0.4, -0.2) is 23.1 Å². The Morgan fingerprint density at radius 1 is 0.776 bits per heavy atom. The van der Waals surface area contributed by atoms with Crippen molar-refractivity contribution in [1.29, 1.82) is 0 Å². The minimum atomic E-state index is -0.920. The zero-order valence-corrected chi connectivity index (χ0v) is 34.7. The second-order valence-corrected chi connectivity index (χ2v) is 19.3. The van der Waals surface area contributed by atoms with E-state index in [1.807, 2.05) is 19.1 Å². The number of benzene rings is 4. The maximum atomic E-state index is 13.7. The first kappa shape index (κ1) is 38.8. The number of hydrogen-bond donors (Lipinski definition) is 0. The van der Waals surface area contributed by atoms with E-state index in [1.54, 1.807) is 0 Å². The van der Waals surface area contributed by atoms with Gasteiger partial charge in [0, 0.05) is 38.2 Å². The Hall–Kier alpha value is -4.70. The minimum absolute atomic E-state index is 0. The van der Waals surface area contributed by atoms with Crippen LogP contribution in [0.15, 0.2) is 97.1 Å². The summed E-state index contributed by atoms with van der Waals surface area (Å²) in [6.07, 6.45) is 12.3. The molecule has 9 rings (SSSR count). The molecule has 5 aliphatic carbocycles. The van der Waals surface area contributed by atoms with E-state index in [2.05, 4.69) is 86.3 Å².